The summed E-state index contributed by atoms with van der Waals surface area (Å²) in [5, 5.41) is 8.25. The number of hydrogen-bond acceptors (Lipinski definition) is 7. The van der Waals surface area contributed by atoms with Crippen molar-refractivity contribution in [3.05, 3.63) is 65.1 Å². The zero-order chi connectivity index (χ0) is 19.7. The molecule has 0 radical (unpaired) electrons. The lowest BCUT2D eigenvalue weighted by atomic mass is 10.0. The molecule has 10 heteroatoms. The van der Waals surface area contributed by atoms with E-state index in [9.17, 15) is 0 Å². The summed E-state index contributed by atoms with van der Waals surface area (Å²) in [7, 11) is 0. The van der Waals surface area contributed by atoms with Gasteiger partial charge in [-0.15, -0.1) is 0 Å². The topological polar surface area (TPSA) is 111 Å². The third-order valence-corrected chi connectivity index (χ3v) is 4.43. The van der Waals surface area contributed by atoms with Crippen molar-refractivity contribution in [1.82, 2.24) is 29.5 Å². The standard InChI is InChI=1S/C18H14ClN9/c1-10(26-18-16(21-2)17(20)24-9-25-18)11-7-14-23-8-13(19)28(14)27-15(11)12-5-3-4-6-22-12/h3-10H,1H3,(H3,20,24,25,26)/t10-/m1/s1. The normalized spacial score (nSPS) is 11.9. The third kappa shape index (κ3) is 3.06. The van der Waals surface area contributed by atoms with Crippen molar-refractivity contribution in [1.29, 1.82) is 0 Å². The molecule has 0 aliphatic heterocycles. The largest absolute Gasteiger partial charge is 0.392 e. The molecule has 1 atom stereocenters. The average molecular weight is 392 g/mol. The van der Waals surface area contributed by atoms with Crippen molar-refractivity contribution in [2.24, 2.45) is 0 Å². The number of rotatable bonds is 4. The number of halogens is 1. The summed E-state index contributed by atoms with van der Waals surface area (Å²) in [6.45, 7) is 9.26. The highest BCUT2D eigenvalue weighted by Crippen LogP contribution is 2.33. The first-order valence-electron chi connectivity index (χ1n) is 8.28. The number of pyridine rings is 1. The van der Waals surface area contributed by atoms with Crippen LogP contribution in [-0.2, 0) is 0 Å². The number of nitrogens with zero attached hydrogens (tertiary/aromatic N) is 7. The molecule has 0 aliphatic rings. The van der Waals surface area contributed by atoms with Gasteiger partial charge in [0.2, 0.25) is 0 Å². The molecule has 0 aromatic carbocycles. The first-order valence-corrected chi connectivity index (χ1v) is 8.66. The van der Waals surface area contributed by atoms with E-state index < -0.39 is 0 Å². The van der Waals surface area contributed by atoms with Crippen molar-refractivity contribution >= 4 is 34.6 Å². The number of anilines is 2. The van der Waals surface area contributed by atoms with E-state index in [4.69, 9.17) is 23.9 Å². The van der Waals surface area contributed by atoms with Crippen LogP contribution >= 0.6 is 11.6 Å². The Balaban J connectivity index is 1.83. The van der Waals surface area contributed by atoms with Crippen LogP contribution < -0.4 is 11.1 Å². The van der Waals surface area contributed by atoms with Gasteiger partial charge in [0.05, 0.1) is 24.5 Å². The van der Waals surface area contributed by atoms with Crippen LogP contribution in [0.15, 0.2) is 43.0 Å². The lowest BCUT2D eigenvalue weighted by Gasteiger charge is -2.19. The molecule has 0 amide bonds. The summed E-state index contributed by atoms with van der Waals surface area (Å²) in [6, 6.07) is 7.18. The average Bonchev–Trinajstić information content (AvgIpc) is 3.08. The summed E-state index contributed by atoms with van der Waals surface area (Å²) >= 11 is 6.19. The van der Waals surface area contributed by atoms with Crippen LogP contribution in [0, 0.1) is 6.57 Å². The van der Waals surface area contributed by atoms with Gasteiger partial charge in [-0.05, 0) is 25.1 Å². The number of nitrogen functional groups attached to an aromatic ring is 1. The van der Waals surface area contributed by atoms with E-state index in [0.29, 0.717) is 28.0 Å². The lowest BCUT2D eigenvalue weighted by molar-refractivity contribution is 0.839. The van der Waals surface area contributed by atoms with E-state index in [2.05, 4.69) is 35.2 Å². The molecule has 4 aromatic heterocycles. The predicted octanol–water partition coefficient (Wildman–Crippen LogP) is 3.54. The molecule has 9 nitrogen and oxygen atoms in total. The molecule has 0 unspecified atom stereocenters. The minimum absolute atomic E-state index is 0.123. The second-order valence-corrected chi connectivity index (χ2v) is 6.34. The molecule has 4 aromatic rings. The van der Waals surface area contributed by atoms with E-state index in [0.717, 1.165) is 5.56 Å². The number of nitrogens with two attached hydrogens (primary N) is 1. The summed E-state index contributed by atoms with van der Waals surface area (Å²) in [5.41, 5.74) is 8.70. The summed E-state index contributed by atoms with van der Waals surface area (Å²) in [5.74, 6) is 0.474. The van der Waals surface area contributed by atoms with Gasteiger partial charge in [0.15, 0.2) is 10.8 Å². The smallest absolute Gasteiger partial charge is 0.268 e. The van der Waals surface area contributed by atoms with Crippen LogP contribution in [0.4, 0.5) is 17.3 Å². The number of hydrogen-bond donors (Lipinski definition) is 2. The fraction of sp³-hybridized carbons (Fsp3) is 0.111. The first kappa shape index (κ1) is 17.6. The van der Waals surface area contributed by atoms with Gasteiger partial charge in [-0.3, -0.25) is 4.98 Å². The molecular formula is C18H14ClN9. The van der Waals surface area contributed by atoms with Gasteiger partial charge in [0.1, 0.15) is 23.7 Å². The maximum Gasteiger partial charge on any atom is 0.268 e. The zero-order valence-electron chi connectivity index (χ0n) is 14.7. The lowest BCUT2D eigenvalue weighted by Crippen LogP contribution is -2.12. The monoisotopic (exact) mass is 391 g/mol. The third-order valence-electron chi connectivity index (χ3n) is 4.17. The van der Waals surface area contributed by atoms with E-state index in [-0.39, 0.29) is 17.5 Å². The Morgan fingerprint density at radius 2 is 2.11 bits per heavy atom. The van der Waals surface area contributed by atoms with Gasteiger partial charge in [-0.2, -0.15) is 5.10 Å². The maximum atomic E-state index is 7.34. The maximum absolute atomic E-state index is 7.34. The highest BCUT2D eigenvalue weighted by Gasteiger charge is 2.20. The van der Waals surface area contributed by atoms with Crippen molar-refractivity contribution in [2.75, 3.05) is 11.1 Å². The van der Waals surface area contributed by atoms with Crippen LogP contribution in [0.1, 0.15) is 18.5 Å². The first-order chi connectivity index (χ1) is 13.6. The Bertz CT molecular complexity index is 1200. The summed E-state index contributed by atoms with van der Waals surface area (Å²) < 4.78 is 1.55. The zero-order valence-corrected chi connectivity index (χ0v) is 15.5. The van der Waals surface area contributed by atoms with Crippen molar-refractivity contribution in [3.8, 4) is 11.4 Å². The number of aromatic nitrogens is 6. The highest BCUT2D eigenvalue weighted by molar-refractivity contribution is 6.29. The molecule has 138 valence electrons. The quantitative estimate of drug-likeness (QED) is 0.511. The van der Waals surface area contributed by atoms with Gasteiger partial charge in [0, 0.05) is 11.8 Å². The summed E-state index contributed by atoms with van der Waals surface area (Å²) in [4.78, 5) is 20.1. The Morgan fingerprint density at radius 1 is 1.25 bits per heavy atom. The Hall–Kier alpha value is -3.77. The van der Waals surface area contributed by atoms with E-state index >= 15 is 0 Å². The molecule has 0 saturated carbocycles. The number of fused-ring (bicyclic) bond motifs is 1. The molecule has 0 fully saturated rings. The highest BCUT2D eigenvalue weighted by atomic mass is 35.5. The Morgan fingerprint density at radius 3 is 2.86 bits per heavy atom. The second-order valence-electron chi connectivity index (χ2n) is 5.95. The van der Waals surface area contributed by atoms with Gasteiger partial charge >= 0.3 is 0 Å². The van der Waals surface area contributed by atoms with E-state index in [1.165, 1.54) is 12.5 Å². The van der Waals surface area contributed by atoms with Crippen molar-refractivity contribution in [3.63, 3.8) is 0 Å². The molecule has 28 heavy (non-hydrogen) atoms. The molecule has 3 N–H and O–H groups in total. The number of nitrogens with one attached hydrogen (secondary N) is 1. The second kappa shape index (κ2) is 7.09. The molecule has 0 spiro atoms. The van der Waals surface area contributed by atoms with Crippen LogP contribution in [-0.4, -0.2) is 29.5 Å². The minimum atomic E-state index is -0.278. The number of imidazole rings is 1. The van der Waals surface area contributed by atoms with Crippen molar-refractivity contribution in [2.45, 2.75) is 13.0 Å². The van der Waals surface area contributed by atoms with Gasteiger partial charge in [0.25, 0.3) is 5.69 Å². The van der Waals surface area contributed by atoms with Gasteiger partial charge in [-0.25, -0.2) is 24.3 Å². The van der Waals surface area contributed by atoms with Crippen molar-refractivity contribution < 1.29 is 0 Å². The van der Waals surface area contributed by atoms with E-state index in [1.807, 2.05) is 31.2 Å². The van der Waals surface area contributed by atoms with Gasteiger partial charge in [-0.1, -0.05) is 17.7 Å². The molecule has 0 aliphatic carbocycles. The predicted molar refractivity (Wildman–Crippen MR) is 106 cm³/mol. The van der Waals surface area contributed by atoms with Crippen LogP contribution in [0.3, 0.4) is 0 Å². The molecule has 4 rings (SSSR count). The van der Waals surface area contributed by atoms with Gasteiger partial charge < -0.3 is 11.1 Å². The molecule has 0 bridgehead atoms. The fourth-order valence-corrected chi connectivity index (χ4v) is 3.00. The Kier molecular flexibility index (Phi) is 4.47. The summed E-state index contributed by atoms with van der Waals surface area (Å²) in [6.07, 6.45) is 4.55. The van der Waals surface area contributed by atoms with Crippen LogP contribution in [0.5, 0.6) is 0 Å². The van der Waals surface area contributed by atoms with E-state index in [1.54, 1.807) is 10.7 Å². The SMILES string of the molecule is [C-]#[N+]c1c(N)ncnc1N[C@H](C)c1cc2ncc(Cl)n2nc1-c1ccccn1. The van der Waals surface area contributed by atoms with Crippen LogP contribution in [0.25, 0.3) is 21.9 Å². The molecule has 0 saturated heterocycles. The molecule has 4 heterocycles. The van der Waals surface area contributed by atoms with Crippen LogP contribution in [0.2, 0.25) is 5.15 Å². The molecular weight excluding hydrogens is 378 g/mol. The Labute approximate surface area is 165 Å². The fourth-order valence-electron chi connectivity index (χ4n) is 2.82. The minimum Gasteiger partial charge on any atom is -0.392 e.